The molecule has 0 aliphatic carbocycles. The van der Waals surface area contributed by atoms with Gasteiger partial charge in [-0.15, -0.1) is 0 Å². The lowest BCUT2D eigenvalue weighted by Gasteiger charge is -2.28. The minimum absolute atomic E-state index is 0.0339. The van der Waals surface area contributed by atoms with Crippen molar-refractivity contribution in [2.45, 2.75) is 32.9 Å². The highest BCUT2D eigenvalue weighted by molar-refractivity contribution is 5.94. The molecule has 0 fully saturated rings. The Morgan fingerprint density at radius 3 is 2.53 bits per heavy atom. The first-order valence-corrected chi connectivity index (χ1v) is 6.19. The first kappa shape index (κ1) is 15.4. The van der Waals surface area contributed by atoms with Crippen LogP contribution in [0.1, 0.15) is 31.1 Å². The van der Waals surface area contributed by atoms with Crippen molar-refractivity contribution >= 4 is 5.91 Å². The zero-order valence-corrected chi connectivity index (χ0v) is 11.7. The van der Waals surface area contributed by atoms with Crippen LogP contribution in [0.3, 0.4) is 0 Å². The number of nitrogens with zero attached hydrogens (tertiary/aromatic N) is 1. The van der Waals surface area contributed by atoms with Crippen LogP contribution in [0, 0.1) is 5.82 Å². The van der Waals surface area contributed by atoms with Crippen LogP contribution in [-0.4, -0.2) is 41.7 Å². The van der Waals surface area contributed by atoms with E-state index >= 15 is 0 Å². The molecule has 0 heterocycles. The number of aliphatic hydroxyl groups excluding tert-OH is 1. The fraction of sp³-hybridized carbons (Fsp3) is 0.500. The molecule has 1 aromatic carbocycles. The summed E-state index contributed by atoms with van der Waals surface area (Å²) in [7, 11) is 1.35. The second kappa shape index (κ2) is 6.52. The van der Waals surface area contributed by atoms with Gasteiger partial charge in [-0.1, -0.05) is 0 Å². The van der Waals surface area contributed by atoms with Gasteiger partial charge in [0.1, 0.15) is 0 Å². The average molecular weight is 269 g/mol. The molecule has 1 unspecified atom stereocenters. The molecule has 0 saturated heterocycles. The van der Waals surface area contributed by atoms with E-state index in [1.165, 1.54) is 30.2 Å². The molecular weight excluding hydrogens is 249 g/mol. The van der Waals surface area contributed by atoms with Gasteiger partial charge in [0.15, 0.2) is 11.6 Å². The van der Waals surface area contributed by atoms with E-state index in [-0.39, 0.29) is 24.2 Å². The van der Waals surface area contributed by atoms with Gasteiger partial charge < -0.3 is 14.7 Å². The first-order valence-electron chi connectivity index (χ1n) is 6.19. The summed E-state index contributed by atoms with van der Waals surface area (Å²) in [5.41, 5.74) is 0.340. The number of hydrogen-bond acceptors (Lipinski definition) is 3. The molecule has 0 aliphatic heterocycles. The number of carbonyl (C=O) groups excluding carboxylic acids is 1. The zero-order valence-electron chi connectivity index (χ0n) is 11.7. The van der Waals surface area contributed by atoms with E-state index < -0.39 is 11.9 Å². The van der Waals surface area contributed by atoms with Gasteiger partial charge in [0.2, 0.25) is 0 Å². The largest absolute Gasteiger partial charge is 0.494 e. The summed E-state index contributed by atoms with van der Waals surface area (Å²) in [5, 5.41) is 9.43. The smallest absolute Gasteiger partial charge is 0.254 e. The van der Waals surface area contributed by atoms with Crippen LogP contribution in [0.5, 0.6) is 5.75 Å². The standard InChI is InChI=1S/C14H20FNO3/c1-9(2)16(8-10(3)17)14(18)11-5-6-12(15)13(7-11)19-4/h5-7,9-10,17H,8H2,1-4H3. The van der Waals surface area contributed by atoms with E-state index in [1.54, 1.807) is 6.92 Å². The van der Waals surface area contributed by atoms with Gasteiger partial charge in [-0.05, 0) is 39.0 Å². The monoisotopic (exact) mass is 269 g/mol. The van der Waals surface area contributed by atoms with Crippen molar-refractivity contribution in [3.63, 3.8) is 0 Å². The number of amides is 1. The van der Waals surface area contributed by atoms with Gasteiger partial charge in [-0.2, -0.15) is 0 Å². The Morgan fingerprint density at radius 2 is 2.05 bits per heavy atom. The van der Waals surface area contributed by atoms with Crippen LogP contribution in [0.15, 0.2) is 18.2 Å². The van der Waals surface area contributed by atoms with Gasteiger partial charge in [0, 0.05) is 18.2 Å². The van der Waals surface area contributed by atoms with E-state index in [2.05, 4.69) is 0 Å². The summed E-state index contributed by atoms with van der Waals surface area (Å²) < 4.78 is 18.2. The summed E-state index contributed by atoms with van der Waals surface area (Å²) in [6.07, 6.45) is -0.617. The van der Waals surface area contributed by atoms with Crippen LogP contribution in [0.25, 0.3) is 0 Å². The fourth-order valence-corrected chi connectivity index (χ4v) is 1.77. The lowest BCUT2D eigenvalue weighted by atomic mass is 10.1. The van der Waals surface area contributed by atoms with Crippen LogP contribution in [0.4, 0.5) is 4.39 Å². The Balaban J connectivity index is 3.02. The second-order valence-corrected chi connectivity index (χ2v) is 4.75. The third kappa shape index (κ3) is 3.92. The summed E-state index contributed by atoms with van der Waals surface area (Å²) in [6.45, 7) is 5.58. The summed E-state index contributed by atoms with van der Waals surface area (Å²) in [4.78, 5) is 13.9. The van der Waals surface area contributed by atoms with Crippen molar-refractivity contribution in [2.24, 2.45) is 0 Å². The molecule has 19 heavy (non-hydrogen) atoms. The van der Waals surface area contributed by atoms with Gasteiger partial charge in [-0.3, -0.25) is 4.79 Å². The van der Waals surface area contributed by atoms with Crippen LogP contribution in [0.2, 0.25) is 0 Å². The third-order valence-electron chi connectivity index (χ3n) is 2.74. The molecule has 1 atom stereocenters. The number of aliphatic hydroxyl groups is 1. The average Bonchev–Trinajstić information content (AvgIpc) is 2.35. The fourth-order valence-electron chi connectivity index (χ4n) is 1.77. The van der Waals surface area contributed by atoms with Gasteiger partial charge in [-0.25, -0.2) is 4.39 Å². The maximum atomic E-state index is 13.3. The van der Waals surface area contributed by atoms with E-state index in [0.29, 0.717) is 5.56 Å². The maximum absolute atomic E-state index is 13.3. The predicted octanol–water partition coefficient (Wildman–Crippen LogP) is 2.07. The van der Waals surface area contributed by atoms with Crippen molar-refractivity contribution in [1.29, 1.82) is 0 Å². The molecule has 1 N–H and O–H groups in total. The van der Waals surface area contributed by atoms with Crippen molar-refractivity contribution in [3.05, 3.63) is 29.6 Å². The Morgan fingerprint density at radius 1 is 1.42 bits per heavy atom. The number of carbonyl (C=O) groups is 1. The lowest BCUT2D eigenvalue weighted by molar-refractivity contribution is 0.0578. The Bertz CT molecular complexity index is 446. The second-order valence-electron chi connectivity index (χ2n) is 4.75. The molecule has 5 heteroatoms. The molecule has 1 rings (SSSR count). The predicted molar refractivity (Wildman–Crippen MR) is 70.8 cm³/mol. The van der Waals surface area contributed by atoms with Crippen molar-refractivity contribution in [2.75, 3.05) is 13.7 Å². The van der Waals surface area contributed by atoms with Crippen LogP contribution in [-0.2, 0) is 0 Å². The number of methoxy groups -OCH3 is 1. The normalized spacial score (nSPS) is 12.4. The Labute approximate surface area is 112 Å². The number of rotatable bonds is 5. The molecule has 106 valence electrons. The van der Waals surface area contributed by atoms with E-state index in [1.807, 2.05) is 13.8 Å². The van der Waals surface area contributed by atoms with Crippen LogP contribution >= 0.6 is 0 Å². The third-order valence-corrected chi connectivity index (χ3v) is 2.74. The molecule has 0 aromatic heterocycles. The van der Waals surface area contributed by atoms with Gasteiger partial charge in [0.25, 0.3) is 5.91 Å². The molecule has 1 aromatic rings. The minimum Gasteiger partial charge on any atom is -0.494 e. The number of halogens is 1. The Kier molecular flexibility index (Phi) is 5.30. The highest BCUT2D eigenvalue weighted by Gasteiger charge is 2.21. The first-order chi connectivity index (χ1) is 8.86. The number of benzene rings is 1. The van der Waals surface area contributed by atoms with E-state index in [9.17, 15) is 14.3 Å². The van der Waals surface area contributed by atoms with E-state index in [0.717, 1.165) is 0 Å². The molecule has 0 saturated carbocycles. The van der Waals surface area contributed by atoms with Crippen molar-refractivity contribution in [1.82, 2.24) is 4.90 Å². The lowest BCUT2D eigenvalue weighted by Crippen LogP contribution is -2.41. The zero-order chi connectivity index (χ0) is 14.6. The van der Waals surface area contributed by atoms with Gasteiger partial charge >= 0.3 is 0 Å². The Hall–Kier alpha value is -1.62. The molecule has 0 bridgehead atoms. The molecule has 4 nitrogen and oxygen atoms in total. The number of ether oxygens (including phenoxy) is 1. The SMILES string of the molecule is COc1cc(C(=O)N(CC(C)O)C(C)C)ccc1F. The molecular formula is C14H20FNO3. The highest BCUT2D eigenvalue weighted by atomic mass is 19.1. The van der Waals surface area contributed by atoms with E-state index in [4.69, 9.17) is 4.74 Å². The van der Waals surface area contributed by atoms with Gasteiger partial charge in [0.05, 0.1) is 13.2 Å². The van der Waals surface area contributed by atoms with Crippen molar-refractivity contribution in [3.8, 4) is 5.75 Å². The molecule has 1 amide bonds. The summed E-state index contributed by atoms with van der Waals surface area (Å²) in [6, 6.07) is 3.93. The summed E-state index contributed by atoms with van der Waals surface area (Å²) >= 11 is 0. The molecule has 0 spiro atoms. The quantitative estimate of drug-likeness (QED) is 0.890. The highest BCUT2D eigenvalue weighted by Crippen LogP contribution is 2.20. The van der Waals surface area contributed by atoms with Crippen molar-refractivity contribution < 1.29 is 19.0 Å². The van der Waals surface area contributed by atoms with Crippen LogP contribution < -0.4 is 4.74 Å². The molecule has 0 radical (unpaired) electrons. The number of hydrogen-bond donors (Lipinski definition) is 1. The minimum atomic E-state index is -0.617. The maximum Gasteiger partial charge on any atom is 0.254 e. The summed E-state index contributed by atoms with van der Waals surface area (Å²) in [5.74, 6) is -0.730. The molecule has 0 aliphatic rings. The topological polar surface area (TPSA) is 49.8 Å².